The number of amides is 1. The molecule has 0 saturated heterocycles. The van der Waals surface area contributed by atoms with Crippen LogP contribution in [0.25, 0.3) is 0 Å². The number of carbonyl (C=O) groups excluding carboxylic acids is 1. The van der Waals surface area contributed by atoms with Gasteiger partial charge in [0, 0.05) is 0 Å². The van der Waals surface area contributed by atoms with Crippen LogP contribution < -0.4 is 11.1 Å². The Morgan fingerprint density at radius 1 is 1.47 bits per heavy atom. The standard InChI is InChI=1S/C11H16N2O2/c1-4-15-11(14)13-10-8(3)7(2)5-6-9(10)12/h5-6H,4,12H2,1-3H3,(H,13,14). The molecule has 4 heteroatoms. The van der Waals surface area contributed by atoms with E-state index in [0.717, 1.165) is 11.1 Å². The van der Waals surface area contributed by atoms with Gasteiger partial charge in [0.25, 0.3) is 0 Å². The monoisotopic (exact) mass is 208 g/mol. The first-order valence-corrected chi connectivity index (χ1v) is 4.85. The number of nitrogens with two attached hydrogens (primary N) is 1. The van der Waals surface area contributed by atoms with Gasteiger partial charge >= 0.3 is 6.09 Å². The lowest BCUT2D eigenvalue weighted by molar-refractivity contribution is 0.168. The fourth-order valence-corrected chi connectivity index (χ4v) is 1.27. The second kappa shape index (κ2) is 4.68. The molecule has 0 fully saturated rings. The summed E-state index contributed by atoms with van der Waals surface area (Å²) in [5.74, 6) is 0. The zero-order chi connectivity index (χ0) is 11.4. The summed E-state index contributed by atoms with van der Waals surface area (Å²) in [5, 5.41) is 2.63. The first-order valence-electron chi connectivity index (χ1n) is 4.85. The van der Waals surface area contributed by atoms with Crippen LogP contribution in [0.2, 0.25) is 0 Å². The summed E-state index contributed by atoms with van der Waals surface area (Å²) < 4.78 is 4.79. The lowest BCUT2D eigenvalue weighted by atomic mass is 10.1. The molecule has 15 heavy (non-hydrogen) atoms. The number of carbonyl (C=O) groups is 1. The van der Waals surface area contributed by atoms with Gasteiger partial charge in [0.05, 0.1) is 18.0 Å². The fourth-order valence-electron chi connectivity index (χ4n) is 1.27. The van der Waals surface area contributed by atoms with Crippen molar-refractivity contribution < 1.29 is 9.53 Å². The molecule has 0 aliphatic heterocycles. The first-order chi connectivity index (χ1) is 7.06. The SMILES string of the molecule is CCOC(=O)Nc1c(N)ccc(C)c1C. The first kappa shape index (κ1) is 11.4. The smallest absolute Gasteiger partial charge is 0.411 e. The molecule has 0 bridgehead atoms. The molecule has 4 nitrogen and oxygen atoms in total. The van der Waals surface area contributed by atoms with Crippen molar-refractivity contribution in [2.24, 2.45) is 0 Å². The third-order valence-electron chi connectivity index (χ3n) is 2.27. The maximum absolute atomic E-state index is 11.2. The molecule has 1 amide bonds. The van der Waals surface area contributed by atoms with Crippen molar-refractivity contribution >= 4 is 17.5 Å². The fraction of sp³-hybridized carbons (Fsp3) is 0.364. The average Bonchev–Trinajstić information content (AvgIpc) is 2.19. The normalized spacial score (nSPS) is 9.80. The topological polar surface area (TPSA) is 64.3 Å². The Morgan fingerprint density at radius 2 is 2.13 bits per heavy atom. The van der Waals surface area contributed by atoms with Gasteiger partial charge in [0.1, 0.15) is 0 Å². The van der Waals surface area contributed by atoms with Crippen molar-refractivity contribution in [2.75, 3.05) is 17.7 Å². The minimum Gasteiger partial charge on any atom is -0.450 e. The second-order valence-corrected chi connectivity index (χ2v) is 3.32. The van der Waals surface area contributed by atoms with E-state index in [0.29, 0.717) is 18.0 Å². The summed E-state index contributed by atoms with van der Waals surface area (Å²) in [6, 6.07) is 3.69. The Labute approximate surface area is 89.4 Å². The van der Waals surface area contributed by atoms with Crippen LogP contribution in [-0.2, 0) is 4.74 Å². The largest absolute Gasteiger partial charge is 0.450 e. The predicted octanol–water partition coefficient (Wildman–Crippen LogP) is 2.45. The van der Waals surface area contributed by atoms with Gasteiger partial charge < -0.3 is 10.5 Å². The van der Waals surface area contributed by atoms with Gasteiger partial charge in [-0.15, -0.1) is 0 Å². The molecule has 0 radical (unpaired) electrons. The van der Waals surface area contributed by atoms with E-state index in [1.165, 1.54) is 0 Å². The van der Waals surface area contributed by atoms with Crippen LogP contribution in [0, 0.1) is 13.8 Å². The van der Waals surface area contributed by atoms with Gasteiger partial charge in [-0.25, -0.2) is 4.79 Å². The minimum absolute atomic E-state index is 0.344. The number of ether oxygens (including phenoxy) is 1. The molecule has 0 spiro atoms. The molecule has 0 aromatic heterocycles. The van der Waals surface area contributed by atoms with Crippen molar-refractivity contribution in [1.82, 2.24) is 0 Å². The molecule has 0 heterocycles. The van der Waals surface area contributed by atoms with Crippen molar-refractivity contribution in [2.45, 2.75) is 20.8 Å². The Morgan fingerprint density at radius 3 is 2.73 bits per heavy atom. The van der Waals surface area contributed by atoms with Gasteiger partial charge in [-0.2, -0.15) is 0 Å². The number of nitrogen functional groups attached to an aromatic ring is 1. The van der Waals surface area contributed by atoms with Crippen LogP contribution in [0.1, 0.15) is 18.1 Å². The van der Waals surface area contributed by atoms with E-state index in [1.54, 1.807) is 13.0 Å². The number of hydrogen-bond donors (Lipinski definition) is 2. The van der Waals surface area contributed by atoms with Crippen LogP contribution in [0.3, 0.4) is 0 Å². The Kier molecular flexibility index (Phi) is 3.55. The zero-order valence-electron chi connectivity index (χ0n) is 9.26. The van der Waals surface area contributed by atoms with E-state index >= 15 is 0 Å². The van der Waals surface area contributed by atoms with Gasteiger partial charge in [-0.3, -0.25) is 5.32 Å². The summed E-state index contributed by atoms with van der Waals surface area (Å²) in [6.07, 6.45) is -0.474. The van der Waals surface area contributed by atoms with Gasteiger partial charge in [-0.1, -0.05) is 6.07 Å². The minimum atomic E-state index is -0.474. The van der Waals surface area contributed by atoms with Crippen LogP contribution in [0.5, 0.6) is 0 Å². The van der Waals surface area contributed by atoms with Crippen LogP contribution in [-0.4, -0.2) is 12.7 Å². The molecule has 0 unspecified atom stereocenters. The molecule has 0 atom stereocenters. The number of aryl methyl sites for hydroxylation is 1. The van der Waals surface area contributed by atoms with Crippen molar-refractivity contribution in [3.8, 4) is 0 Å². The number of hydrogen-bond acceptors (Lipinski definition) is 3. The third kappa shape index (κ3) is 2.62. The van der Waals surface area contributed by atoms with Crippen LogP contribution in [0.15, 0.2) is 12.1 Å². The van der Waals surface area contributed by atoms with Gasteiger partial charge in [-0.05, 0) is 38.0 Å². The molecule has 0 aliphatic rings. The number of anilines is 2. The summed E-state index contributed by atoms with van der Waals surface area (Å²) in [6.45, 7) is 5.97. The van der Waals surface area contributed by atoms with Crippen molar-refractivity contribution in [3.63, 3.8) is 0 Å². The number of benzene rings is 1. The Hall–Kier alpha value is -1.71. The summed E-state index contributed by atoms with van der Waals surface area (Å²) >= 11 is 0. The lowest BCUT2D eigenvalue weighted by Crippen LogP contribution is -2.15. The highest BCUT2D eigenvalue weighted by atomic mass is 16.5. The molecule has 0 aliphatic carbocycles. The summed E-state index contributed by atoms with van der Waals surface area (Å²) in [4.78, 5) is 11.2. The second-order valence-electron chi connectivity index (χ2n) is 3.32. The molecule has 1 aromatic carbocycles. The summed E-state index contributed by atoms with van der Waals surface area (Å²) in [7, 11) is 0. The molecule has 1 rings (SSSR count). The van der Waals surface area contributed by atoms with E-state index in [2.05, 4.69) is 5.32 Å². The average molecular weight is 208 g/mol. The van der Waals surface area contributed by atoms with E-state index in [1.807, 2.05) is 19.9 Å². The van der Waals surface area contributed by atoms with E-state index in [9.17, 15) is 4.79 Å². The predicted molar refractivity (Wildman–Crippen MR) is 61.0 cm³/mol. The molecule has 82 valence electrons. The Balaban J connectivity index is 2.93. The highest BCUT2D eigenvalue weighted by molar-refractivity contribution is 5.90. The highest BCUT2D eigenvalue weighted by Crippen LogP contribution is 2.25. The van der Waals surface area contributed by atoms with Crippen molar-refractivity contribution in [1.29, 1.82) is 0 Å². The summed E-state index contributed by atoms with van der Waals surface area (Å²) in [5.41, 5.74) is 8.99. The molecule has 0 saturated carbocycles. The van der Waals surface area contributed by atoms with Crippen LogP contribution in [0.4, 0.5) is 16.2 Å². The zero-order valence-corrected chi connectivity index (χ0v) is 9.26. The highest BCUT2D eigenvalue weighted by Gasteiger charge is 2.09. The molecule has 3 N–H and O–H groups in total. The van der Waals surface area contributed by atoms with E-state index in [4.69, 9.17) is 10.5 Å². The maximum Gasteiger partial charge on any atom is 0.411 e. The van der Waals surface area contributed by atoms with Crippen molar-refractivity contribution in [3.05, 3.63) is 23.3 Å². The lowest BCUT2D eigenvalue weighted by Gasteiger charge is -2.12. The van der Waals surface area contributed by atoms with Gasteiger partial charge in [0.15, 0.2) is 0 Å². The van der Waals surface area contributed by atoms with E-state index in [-0.39, 0.29) is 0 Å². The van der Waals surface area contributed by atoms with E-state index < -0.39 is 6.09 Å². The van der Waals surface area contributed by atoms with Crippen LogP contribution >= 0.6 is 0 Å². The molecular formula is C11H16N2O2. The maximum atomic E-state index is 11.2. The van der Waals surface area contributed by atoms with Gasteiger partial charge in [0.2, 0.25) is 0 Å². The quantitative estimate of drug-likeness (QED) is 0.734. The molecule has 1 aromatic rings. The Bertz CT molecular complexity index is 375. The third-order valence-corrected chi connectivity index (χ3v) is 2.27. The number of rotatable bonds is 2. The number of nitrogens with one attached hydrogen (secondary N) is 1. The molecular weight excluding hydrogens is 192 g/mol.